The molecule has 0 bridgehead atoms. The molecule has 28 heavy (non-hydrogen) atoms. The molecule has 0 radical (unpaired) electrons. The Morgan fingerprint density at radius 2 is 1.93 bits per heavy atom. The number of nitrogens with one attached hydrogen (secondary N) is 1. The summed E-state index contributed by atoms with van der Waals surface area (Å²) in [5, 5.41) is 2.97. The highest BCUT2D eigenvalue weighted by atomic mass is 16.2. The number of carbonyl (C=O) groups is 2. The zero-order valence-electron chi connectivity index (χ0n) is 16.3. The van der Waals surface area contributed by atoms with Gasteiger partial charge in [0.15, 0.2) is 0 Å². The normalized spacial score (nSPS) is 17.5. The van der Waals surface area contributed by atoms with Gasteiger partial charge in [-0.25, -0.2) is 4.98 Å². The summed E-state index contributed by atoms with van der Waals surface area (Å²) in [5.41, 5.74) is 2.27. The Morgan fingerprint density at radius 1 is 1.14 bits per heavy atom. The molecule has 2 aliphatic rings. The van der Waals surface area contributed by atoms with Crippen molar-refractivity contribution in [1.29, 1.82) is 0 Å². The van der Waals surface area contributed by atoms with Crippen LogP contribution in [-0.2, 0) is 6.54 Å². The molecule has 1 N–H and O–H groups in total. The number of nitrogens with zero attached hydrogens (tertiary/aromatic N) is 4. The van der Waals surface area contributed by atoms with Gasteiger partial charge in [0.05, 0.1) is 18.1 Å². The molecule has 2 aromatic rings. The number of piperidine rings is 1. The SMILES string of the molecule is CCn1cncc1C(=O)N1CCC(c2ccc(C(=O)NCC3CC3)cn2)CC1. The Balaban J connectivity index is 1.32. The molecule has 4 rings (SSSR count). The first-order chi connectivity index (χ1) is 13.7. The Kier molecular flexibility index (Phi) is 5.41. The summed E-state index contributed by atoms with van der Waals surface area (Å²) in [6.07, 6.45) is 9.23. The summed E-state index contributed by atoms with van der Waals surface area (Å²) in [4.78, 5) is 35.4. The third kappa shape index (κ3) is 4.08. The smallest absolute Gasteiger partial charge is 0.272 e. The third-order valence-corrected chi connectivity index (χ3v) is 5.77. The fraction of sp³-hybridized carbons (Fsp3) is 0.524. The van der Waals surface area contributed by atoms with E-state index in [0.717, 1.165) is 31.6 Å². The number of pyridine rings is 1. The van der Waals surface area contributed by atoms with E-state index < -0.39 is 0 Å². The van der Waals surface area contributed by atoms with E-state index in [-0.39, 0.29) is 11.8 Å². The number of rotatable bonds is 6. The van der Waals surface area contributed by atoms with E-state index in [1.165, 1.54) is 12.8 Å². The minimum atomic E-state index is -0.0427. The van der Waals surface area contributed by atoms with Gasteiger partial charge in [-0.2, -0.15) is 0 Å². The molecule has 148 valence electrons. The summed E-state index contributed by atoms with van der Waals surface area (Å²) in [6.45, 7) is 4.94. The molecule has 7 heteroatoms. The van der Waals surface area contributed by atoms with Crippen molar-refractivity contribution in [2.24, 2.45) is 5.92 Å². The lowest BCUT2D eigenvalue weighted by molar-refractivity contribution is 0.0701. The molecular formula is C21H27N5O2. The van der Waals surface area contributed by atoms with Gasteiger partial charge in [-0.15, -0.1) is 0 Å². The Morgan fingerprint density at radius 3 is 2.57 bits per heavy atom. The highest BCUT2D eigenvalue weighted by Gasteiger charge is 2.27. The summed E-state index contributed by atoms with van der Waals surface area (Å²) in [7, 11) is 0. The molecule has 0 spiro atoms. The van der Waals surface area contributed by atoms with Crippen molar-refractivity contribution >= 4 is 11.8 Å². The summed E-state index contributed by atoms with van der Waals surface area (Å²) in [6, 6.07) is 3.82. The molecular weight excluding hydrogens is 354 g/mol. The average molecular weight is 381 g/mol. The van der Waals surface area contributed by atoms with E-state index in [2.05, 4.69) is 15.3 Å². The van der Waals surface area contributed by atoms with Crippen LogP contribution in [0.4, 0.5) is 0 Å². The summed E-state index contributed by atoms with van der Waals surface area (Å²) >= 11 is 0. The second-order valence-corrected chi connectivity index (χ2v) is 7.76. The van der Waals surface area contributed by atoms with Crippen LogP contribution < -0.4 is 5.32 Å². The average Bonchev–Trinajstić information content (AvgIpc) is 3.46. The standard InChI is InChI=1S/C21H27N5O2/c1-2-25-14-22-13-19(25)21(28)26-9-7-16(8-10-26)18-6-5-17(12-23-18)20(27)24-11-15-3-4-15/h5-6,12-16H,2-4,7-11H2,1H3,(H,24,27). The van der Waals surface area contributed by atoms with Crippen LogP contribution in [0, 0.1) is 5.92 Å². The number of aryl methyl sites for hydroxylation is 1. The van der Waals surface area contributed by atoms with Crippen LogP contribution in [-0.4, -0.2) is 50.9 Å². The van der Waals surface area contributed by atoms with Gasteiger partial charge < -0.3 is 14.8 Å². The first kappa shape index (κ1) is 18.7. The van der Waals surface area contributed by atoms with Gasteiger partial charge in [0.1, 0.15) is 5.69 Å². The first-order valence-electron chi connectivity index (χ1n) is 10.2. The molecule has 2 aromatic heterocycles. The van der Waals surface area contributed by atoms with Gasteiger partial charge >= 0.3 is 0 Å². The number of imidazole rings is 1. The van der Waals surface area contributed by atoms with Gasteiger partial charge in [-0.3, -0.25) is 14.6 Å². The van der Waals surface area contributed by atoms with Crippen LogP contribution in [0.3, 0.4) is 0 Å². The summed E-state index contributed by atoms with van der Waals surface area (Å²) < 4.78 is 1.88. The number of likely N-dealkylation sites (tertiary alicyclic amines) is 1. The highest BCUT2D eigenvalue weighted by molar-refractivity contribution is 5.94. The van der Waals surface area contributed by atoms with Crippen molar-refractivity contribution < 1.29 is 9.59 Å². The summed E-state index contributed by atoms with van der Waals surface area (Å²) in [5.74, 6) is 0.996. The van der Waals surface area contributed by atoms with Crippen molar-refractivity contribution in [3.63, 3.8) is 0 Å². The lowest BCUT2D eigenvalue weighted by Crippen LogP contribution is -2.39. The molecule has 0 unspecified atom stereocenters. The molecule has 1 saturated carbocycles. The first-order valence-corrected chi connectivity index (χ1v) is 10.2. The van der Waals surface area contributed by atoms with Crippen LogP contribution in [0.15, 0.2) is 30.9 Å². The molecule has 1 saturated heterocycles. The molecule has 2 amide bonds. The largest absolute Gasteiger partial charge is 0.352 e. The van der Waals surface area contributed by atoms with E-state index in [4.69, 9.17) is 0 Å². The van der Waals surface area contributed by atoms with Crippen molar-refractivity contribution in [3.8, 4) is 0 Å². The molecule has 0 atom stereocenters. The number of hydrogen-bond donors (Lipinski definition) is 1. The van der Waals surface area contributed by atoms with Crippen LogP contribution >= 0.6 is 0 Å². The molecule has 2 fully saturated rings. The van der Waals surface area contributed by atoms with Crippen LogP contribution in [0.25, 0.3) is 0 Å². The van der Waals surface area contributed by atoms with Crippen molar-refractivity contribution in [3.05, 3.63) is 47.8 Å². The fourth-order valence-corrected chi connectivity index (χ4v) is 3.73. The highest BCUT2D eigenvalue weighted by Crippen LogP contribution is 2.28. The zero-order chi connectivity index (χ0) is 19.5. The second-order valence-electron chi connectivity index (χ2n) is 7.76. The maximum Gasteiger partial charge on any atom is 0.272 e. The van der Waals surface area contributed by atoms with E-state index in [1.807, 2.05) is 28.5 Å². The number of amides is 2. The van der Waals surface area contributed by atoms with E-state index in [9.17, 15) is 9.59 Å². The van der Waals surface area contributed by atoms with Crippen LogP contribution in [0.1, 0.15) is 65.1 Å². The second kappa shape index (κ2) is 8.12. The lowest BCUT2D eigenvalue weighted by atomic mass is 9.92. The van der Waals surface area contributed by atoms with Gasteiger partial charge in [-0.05, 0) is 50.7 Å². The number of hydrogen-bond acceptors (Lipinski definition) is 4. The molecule has 0 aromatic carbocycles. The van der Waals surface area contributed by atoms with Gasteiger partial charge in [0, 0.05) is 44.0 Å². The monoisotopic (exact) mass is 381 g/mol. The Hall–Kier alpha value is -2.70. The van der Waals surface area contributed by atoms with Crippen LogP contribution in [0.2, 0.25) is 0 Å². The predicted molar refractivity (Wildman–Crippen MR) is 105 cm³/mol. The van der Waals surface area contributed by atoms with Crippen LogP contribution in [0.5, 0.6) is 0 Å². The molecule has 7 nitrogen and oxygen atoms in total. The van der Waals surface area contributed by atoms with E-state index in [0.29, 0.717) is 36.2 Å². The predicted octanol–water partition coefficient (Wildman–Crippen LogP) is 2.46. The molecule has 1 aliphatic heterocycles. The van der Waals surface area contributed by atoms with Crippen molar-refractivity contribution in [1.82, 2.24) is 24.8 Å². The van der Waals surface area contributed by atoms with E-state index >= 15 is 0 Å². The van der Waals surface area contributed by atoms with Crippen molar-refractivity contribution in [2.75, 3.05) is 19.6 Å². The molecule has 3 heterocycles. The molecule has 1 aliphatic carbocycles. The lowest BCUT2D eigenvalue weighted by Gasteiger charge is -2.31. The van der Waals surface area contributed by atoms with E-state index in [1.54, 1.807) is 18.7 Å². The third-order valence-electron chi connectivity index (χ3n) is 5.77. The Labute approximate surface area is 165 Å². The topological polar surface area (TPSA) is 80.1 Å². The quantitative estimate of drug-likeness (QED) is 0.834. The van der Waals surface area contributed by atoms with Gasteiger partial charge in [0.25, 0.3) is 11.8 Å². The zero-order valence-corrected chi connectivity index (χ0v) is 16.3. The van der Waals surface area contributed by atoms with Gasteiger partial charge in [0.2, 0.25) is 0 Å². The minimum absolute atomic E-state index is 0.0427. The number of aromatic nitrogens is 3. The maximum absolute atomic E-state index is 12.7. The minimum Gasteiger partial charge on any atom is -0.352 e. The van der Waals surface area contributed by atoms with Crippen molar-refractivity contribution in [2.45, 2.75) is 45.1 Å². The maximum atomic E-state index is 12.7. The Bertz CT molecular complexity index is 833. The van der Waals surface area contributed by atoms with Gasteiger partial charge in [-0.1, -0.05) is 0 Å². The fourth-order valence-electron chi connectivity index (χ4n) is 3.73. The number of carbonyl (C=O) groups excluding carboxylic acids is 2.